The highest BCUT2D eigenvalue weighted by molar-refractivity contribution is 7.89. The Labute approximate surface area is 118 Å². The van der Waals surface area contributed by atoms with Crippen LogP contribution in [0.5, 0.6) is 11.5 Å². The van der Waals surface area contributed by atoms with Gasteiger partial charge in [-0.05, 0) is 25.0 Å². The largest absolute Gasteiger partial charge is 0.486 e. The maximum Gasteiger partial charge on any atom is 0.243 e. The number of hydrogen-bond acceptors (Lipinski definition) is 5. The third kappa shape index (κ3) is 2.48. The van der Waals surface area contributed by atoms with Crippen LogP contribution >= 0.6 is 0 Å². The lowest BCUT2D eigenvalue weighted by Gasteiger charge is -2.30. The summed E-state index contributed by atoms with van der Waals surface area (Å²) in [7, 11) is -3.51. The number of piperidine rings is 1. The molecule has 0 saturated carbocycles. The van der Waals surface area contributed by atoms with Crippen LogP contribution in [0.3, 0.4) is 0 Å². The summed E-state index contributed by atoms with van der Waals surface area (Å²) in [5, 5.41) is 0. The molecule has 1 atom stereocenters. The second-order valence-electron chi connectivity index (χ2n) is 5.07. The Kier molecular flexibility index (Phi) is 3.57. The molecule has 20 heavy (non-hydrogen) atoms. The van der Waals surface area contributed by atoms with Crippen LogP contribution in [0.25, 0.3) is 0 Å². The highest BCUT2D eigenvalue weighted by Crippen LogP contribution is 2.33. The minimum atomic E-state index is -3.51. The van der Waals surface area contributed by atoms with E-state index in [0.29, 0.717) is 37.8 Å². The molecule has 1 aromatic carbocycles. The molecule has 1 aromatic rings. The summed E-state index contributed by atoms with van der Waals surface area (Å²) in [6.07, 6.45) is 1.66. The smallest absolute Gasteiger partial charge is 0.243 e. The molecule has 1 fully saturated rings. The van der Waals surface area contributed by atoms with E-state index in [0.717, 1.165) is 12.8 Å². The molecule has 0 aliphatic carbocycles. The van der Waals surface area contributed by atoms with Gasteiger partial charge in [-0.2, -0.15) is 4.31 Å². The van der Waals surface area contributed by atoms with E-state index in [4.69, 9.17) is 15.2 Å². The summed E-state index contributed by atoms with van der Waals surface area (Å²) >= 11 is 0. The monoisotopic (exact) mass is 298 g/mol. The van der Waals surface area contributed by atoms with Gasteiger partial charge < -0.3 is 15.2 Å². The average Bonchev–Trinajstić information content (AvgIpc) is 2.46. The zero-order valence-electron chi connectivity index (χ0n) is 11.1. The van der Waals surface area contributed by atoms with Crippen molar-refractivity contribution in [3.8, 4) is 11.5 Å². The first-order valence-corrected chi connectivity index (χ1v) is 8.17. The molecule has 2 N–H and O–H groups in total. The molecule has 0 aromatic heterocycles. The number of nitrogens with zero attached hydrogens (tertiary/aromatic N) is 1. The summed E-state index contributed by atoms with van der Waals surface area (Å²) in [4.78, 5) is 0.232. The Hall–Kier alpha value is -1.31. The average molecular weight is 298 g/mol. The second kappa shape index (κ2) is 5.23. The van der Waals surface area contributed by atoms with Crippen LogP contribution in [0, 0.1) is 0 Å². The first-order valence-electron chi connectivity index (χ1n) is 6.73. The van der Waals surface area contributed by atoms with Gasteiger partial charge >= 0.3 is 0 Å². The van der Waals surface area contributed by atoms with Gasteiger partial charge in [0.15, 0.2) is 11.5 Å². The van der Waals surface area contributed by atoms with Gasteiger partial charge in [0, 0.05) is 25.2 Å². The van der Waals surface area contributed by atoms with Crippen LogP contribution in [0.1, 0.15) is 12.8 Å². The van der Waals surface area contributed by atoms with Gasteiger partial charge in [0.05, 0.1) is 4.90 Å². The summed E-state index contributed by atoms with van der Waals surface area (Å²) in [5.41, 5.74) is 5.86. The van der Waals surface area contributed by atoms with Crippen molar-refractivity contribution in [2.24, 2.45) is 5.73 Å². The van der Waals surface area contributed by atoms with Gasteiger partial charge in [0.25, 0.3) is 0 Å². The third-order valence-corrected chi connectivity index (χ3v) is 5.43. The maximum atomic E-state index is 12.6. The molecule has 110 valence electrons. The van der Waals surface area contributed by atoms with Gasteiger partial charge in [0.1, 0.15) is 13.2 Å². The first-order chi connectivity index (χ1) is 9.57. The number of fused-ring (bicyclic) bond motifs is 1. The van der Waals surface area contributed by atoms with Gasteiger partial charge in [0.2, 0.25) is 10.0 Å². The Morgan fingerprint density at radius 1 is 1.20 bits per heavy atom. The predicted molar refractivity (Wildman–Crippen MR) is 73.4 cm³/mol. The van der Waals surface area contributed by atoms with Gasteiger partial charge in [-0.25, -0.2) is 8.42 Å². The zero-order chi connectivity index (χ0) is 14.2. The molecule has 0 spiro atoms. The molecular formula is C13H18N2O4S. The van der Waals surface area contributed by atoms with Crippen molar-refractivity contribution < 1.29 is 17.9 Å². The van der Waals surface area contributed by atoms with Gasteiger partial charge in [-0.3, -0.25) is 0 Å². The number of sulfonamides is 1. The first kappa shape index (κ1) is 13.7. The Morgan fingerprint density at radius 3 is 2.70 bits per heavy atom. The summed E-state index contributed by atoms with van der Waals surface area (Å²) in [6, 6.07) is 4.65. The highest BCUT2D eigenvalue weighted by Gasteiger charge is 2.29. The van der Waals surface area contributed by atoms with Crippen LogP contribution in [-0.4, -0.2) is 45.1 Å². The van der Waals surface area contributed by atoms with Crippen molar-refractivity contribution in [2.45, 2.75) is 23.8 Å². The maximum absolute atomic E-state index is 12.6. The van der Waals surface area contributed by atoms with Crippen LogP contribution in [0.2, 0.25) is 0 Å². The molecular weight excluding hydrogens is 280 g/mol. The van der Waals surface area contributed by atoms with Crippen molar-refractivity contribution in [3.63, 3.8) is 0 Å². The summed E-state index contributed by atoms with van der Waals surface area (Å²) in [5.74, 6) is 1.07. The van der Waals surface area contributed by atoms with Gasteiger partial charge in [-0.15, -0.1) is 0 Å². The van der Waals surface area contributed by atoms with Crippen LogP contribution in [0.15, 0.2) is 23.1 Å². The molecule has 2 aliphatic heterocycles. The molecule has 0 unspecified atom stereocenters. The molecule has 7 heteroatoms. The van der Waals surface area contributed by atoms with Crippen LogP contribution in [-0.2, 0) is 10.0 Å². The molecule has 1 saturated heterocycles. The second-order valence-corrected chi connectivity index (χ2v) is 7.01. The lowest BCUT2D eigenvalue weighted by atomic mass is 10.1. The number of hydrogen-bond donors (Lipinski definition) is 1. The Bertz CT molecular complexity index is 602. The number of benzene rings is 1. The van der Waals surface area contributed by atoms with Gasteiger partial charge in [-0.1, -0.05) is 0 Å². The zero-order valence-corrected chi connectivity index (χ0v) is 11.9. The van der Waals surface area contributed by atoms with E-state index < -0.39 is 10.0 Å². The van der Waals surface area contributed by atoms with E-state index >= 15 is 0 Å². The molecule has 0 amide bonds. The molecule has 0 radical (unpaired) electrons. The normalized spacial score (nSPS) is 23.6. The van der Waals surface area contributed by atoms with E-state index in [1.807, 2.05) is 0 Å². The van der Waals surface area contributed by atoms with Crippen molar-refractivity contribution >= 4 is 10.0 Å². The SMILES string of the molecule is N[C@@H]1CCCN(S(=O)(=O)c2ccc3c(c2)OCCO3)C1. The molecule has 0 bridgehead atoms. The van der Waals surface area contributed by atoms with Crippen molar-refractivity contribution in [2.75, 3.05) is 26.3 Å². The number of ether oxygens (including phenoxy) is 2. The fraction of sp³-hybridized carbons (Fsp3) is 0.538. The highest BCUT2D eigenvalue weighted by atomic mass is 32.2. The molecule has 2 heterocycles. The fourth-order valence-electron chi connectivity index (χ4n) is 2.53. The summed E-state index contributed by atoms with van der Waals surface area (Å²) in [6.45, 7) is 1.81. The molecule has 3 rings (SSSR count). The topological polar surface area (TPSA) is 81.9 Å². The molecule has 2 aliphatic rings. The van der Waals surface area contributed by atoms with Crippen LogP contribution in [0.4, 0.5) is 0 Å². The van der Waals surface area contributed by atoms with Crippen molar-refractivity contribution in [1.29, 1.82) is 0 Å². The standard InChI is InChI=1S/C13H18N2O4S/c14-10-2-1-5-15(9-10)20(16,17)11-3-4-12-13(8-11)19-7-6-18-12/h3-4,8,10H,1-2,5-7,9,14H2/t10-/m1/s1. The van der Waals surface area contributed by atoms with E-state index in [1.165, 1.54) is 10.4 Å². The van der Waals surface area contributed by atoms with E-state index in [1.54, 1.807) is 12.1 Å². The summed E-state index contributed by atoms with van der Waals surface area (Å²) < 4.78 is 37.5. The number of rotatable bonds is 2. The minimum Gasteiger partial charge on any atom is -0.486 e. The number of nitrogens with two attached hydrogens (primary N) is 1. The minimum absolute atomic E-state index is 0.0873. The third-order valence-electron chi connectivity index (χ3n) is 3.57. The fourth-order valence-corrected chi connectivity index (χ4v) is 4.08. The lowest BCUT2D eigenvalue weighted by Crippen LogP contribution is -2.45. The Balaban J connectivity index is 1.90. The van der Waals surface area contributed by atoms with E-state index in [-0.39, 0.29) is 10.9 Å². The van der Waals surface area contributed by atoms with Crippen molar-refractivity contribution in [1.82, 2.24) is 4.31 Å². The van der Waals surface area contributed by atoms with E-state index in [9.17, 15) is 8.42 Å². The van der Waals surface area contributed by atoms with E-state index in [2.05, 4.69) is 0 Å². The Morgan fingerprint density at radius 2 is 1.95 bits per heavy atom. The van der Waals surface area contributed by atoms with Crippen LogP contribution < -0.4 is 15.2 Å². The quantitative estimate of drug-likeness (QED) is 0.863. The predicted octanol–water partition coefficient (Wildman–Crippen LogP) is 0.570. The van der Waals surface area contributed by atoms with Crippen molar-refractivity contribution in [3.05, 3.63) is 18.2 Å². The lowest BCUT2D eigenvalue weighted by molar-refractivity contribution is 0.171. The molecule has 6 nitrogen and oxygen atoms in total.